The predicted molar refractivity (Wildman–Crippen MR) is 80.6 cm³/mol. The maximum atomic E-state index is 12.4. The van der Waals surface area contributed by atoms with Gasteiger partial charge in [-0.1, -0.05) is 31.0 Å². The zero-order chi connectivity index (χ0) is 14.7. The van der Waals surface area contributed by atoms with E-state index in [4.69, 9.17) is 4.74 Å². The van der Waals surface area contributed by atoms with Crippen LogP contribution in [-0.4, -0.2) is 27.6 Å². The normalized spacial score (nSPS) is 17.2. The Balaban J connectivity index is 1.80. The molecule has 21 heavy (non-hydrogen) atoms. The molecular weight excluding hydrogens is 266 g/mol. The summed E-state index contributed by atoms with van der Waals surface area (Å²) in [5.41, 5.74) is 0.727. The van der Waals surface area contributed by atoms with Gasteiger partial charge in [0.05, 0.1) is 18.3 Å². The third kappa shape index (κ3) is 2.93. The zero-order valence-corrected chi connectivity index (χ0v) is 12.3. The zero-order valence-electron chi connectivity index (χ0n) is 12.3. The van der Waals surface area contributed by atoms with Crippen molar-refractivity contribution in [3.8, 4) is 5.69 Å². The highest BCUT2D eigenvalue weighted by molar-refractivity contribution is 5.30. The number of para-hydroxylation sites is 1. The molecule has 1 aromatic heterocycles. The number of nitrogens with zero attached hydrogens (tertiary/aromatic N) is 3. The SMILES string of the molecule is COC(Cn1ncn(-c2ccccc2)c1=O)C1CCCC1. The molecule has 1 aliphatic carbocycles. The number of ether oxygens (including phenoxy) is 1. The van der Waals surface area contributed by atoms with Crippen molar-refractivity contribution in [1.29, 1.82) is 0 Å². The minimum atomic E-state index is -0.110. The number of aromatic nitrogens is 3. The van der Waals surface area contributed by atoms with Crippen LogP contribution >= 0.6 is 0 Å². The Morgan fingerprint density at radius 1 is 1.29 bits per heavy atom. The summed E-state index contributed by atoms with van der Waals surface area (Å²) in [6, 6.07) is 9.56. The molecule has 2 aromatic rings. The van der Waals surface area contributed by atoms with Crippen LogP contribution in [0.3, 0.4) is 0 Å². The van der Waals surface area contributed by atoms with E-state index in [2.05, 4.69) is 5.10 Å². The van der Waals surface area contributed by atoms with E-state index in [1.807, 2.05) is 30.3 Å². The first-order valence-corrected chi connectivity index (χ1v) is 7.52. The molecule has 0 amide bonds. The van der Waals surface area contributed by atoms with Gasteiger partial charge in [-0.2, -0.15) is 5.10 Å². The second kappa shape index (κ2) is 6.26. The predicted octanol–water partition coefficient (Wildman–Crippen LogP) is 2.24. The summed E-state index contributed by atoms with van der Waals surface area (Å²) >= 11 is 0. The molecular formula is C16H21N3O2. The Hall–Kier alpha value is -1.88. The van der Waals surface area contributed by atoms with Crippen LogP contribution in [0.4, 0.5) is 0 Å². The van der Waals surface area contributed by atoms with E-state index in [0.717, 1.165) is 5.69 Å². The lowest BCUT2D eigenvalue weighted by atomic mass is 10.0. The van der Waals surface area contributed by atoms with Crippen LogP contribution in [0.1, 0.15) is 25.7 Å². The summed E-state index contributed by atoms with van der Waals surface area (Å²) in [6.45, 7) is 0.528. The first-order chi connectivity index (χ1) is 10.3. The summed E-state index contributed by atoms with van der Waals surface area (Å²) in [7, 11) is 1.72. The molecule has 5 heteroatoms. The Labute approximate surface area is 124 Å². The lowest BCUT2D eigenvalue weighted by molar-refractivity contribution is 0.0372. The summed E-state index contributed by atoms with van der Waals surface area (Å²) in [6.07, 6.45) is 6.55. The molecule has 1 atom stereocenters. The maximum Gasteiger partial charge on any atom is 0.350 e. The van der Waals surface area contributed by atoms with E-state index in [1.165, 1.54) is 30.4 Å². The fourth-order valence-electron chi connectivity index (χ4n) is 3.14. The summed E-state index contributed by atoms with van der Waals surface area (Å²) in [4.78, 5) is 12.4. The quantitative estimate of drug-likeness (QED) is 0.847. The molecule has 3 rings (SSSR count). The van der Waals surface area contributed by atoms with Gasteiger partial charge in [-0.3, -0.25) is 0 Å². The maximum absolute atomic E-state index is 12.4. The molecule has 0 spiro atoms. The molecule has 1 heterocycles. The van der Waals surface area contributed by atoms with Gasteiger partial charge >= 0.3 is 5.69 Å². The third-order valence-corrected chi connectivity index (χ3v) is 4.35. The molecule has 0 aliphatic heterocycles. The summed E-state index contributed by atoms with van der Waals surface area (Å²) in [5.74, 6) is 0.545. The molecule has 1 aliphatic rings. The van der Waals surface area contributed by atoms with E-state index in [9.17, 15) is 4.79 Å². The highest BCUT2D eigenvalue weighted by atomic mass is 16.5. The van der Waals surface area contributed by atoms with Crippen molar-refractivity contribution in [3.63, 3.8) is 0 Å². The van der Waals surface area contributed by atoms with Crippen LogP contribution in [-0.2, 0) is 11.3 Å². The van der Waals surface area contributed by atoms with Gasteiger partial charge < -0.3 is 4.74 Å². The van der Waals surface area contributed by atoms with Crippen molar-refractivity contribution in [3.05, 3.63) is 47.1 Å². The Bertz CT molecular complexity index is 626. The van der Waals surface area contributed by atoms with Crippen molar-refractivity contribution in [2.45, 2.75) is 38.3 Å². The van der Waals surface area contributed by atoms with Crippen LogP contribution in [0, 0.1) is 5.92 Å². The average Bonchev–Trinajstić information content (AvgIpc) is 3.16. The summed E-state index contributed by atoms with van der Waals surface area (Å²) in [5, 5.41) is 4.24. The highest BCUT2D eigenvalue weighted by Gasteiger charge is 2.26. The second-order valence-electron chi connectivity index (χ2n) is 5.62. The smallest absolute Gasteiger partial charge is 0.350 e. The number of benzene rings is 1. The van der Waals surface area contributed by atoms with Crippen LogP contribution in [0.15, 0.2) is 41.5 Å². The molecule has 112 valence electrons. The van der Waals surface area contributed by atoms with Gasteiger partial charge in [0.15, 0.2) is 0 Å². The Morgan fingerprint density at radius 2 is 2.00 bits per heavy atom. The van der Waals surface area contributed by atoms with Gasteiger partial charge in [0, 0.05) is 7.11 Å². The van der Waals surface area contributed by atoms with Gasteiger partial charge in [-0.05, 0) is 30.9 Å². The fraction of sp³-hybridized carbons (Fsp3) is 0.500. The Kier molecular flexibility index (Phi) is 4.20. The number of rotatable bonds is 5. The standard InChI is InChI=1S/C16H21N3O2/c1-21-15(13-7-5-6-8-13)11-19-16(20)18(12-17-19)14-9-3-2-4-10-14/h2-4,9-10,12-13,15H,5-8,11H2,1H3. The van der Waals surface area contributed by atoms with E-state index in [1.54, 1.807) is 18.0 Å². The lowest BCUT2D eigenvalue weighted by Gasteiger charge is -2.21. The van der Waals surface area contributed by atoms with E-state index >= 15 is 0 Å². The van der Waals surface area contributed by atoms with Crippen molar-refractivity contribution in [2.75, 3.05) is 7.11 Å². The average molecular weight is 287 g/mol. The monoisotopic (exact) mass is 287 g/mol. The fourth-order valence-corrected chi connectivity index (χ4v) is 3.14. The van der Waals surface area contributed by atoms with E-state index in [-0.39, 0.29) is 11.8 Å². The first kappa shape index (κ1) is 14.1. The van der Waals surface area contributed by atoms with Gasteiger partial charge in [0.2, 0.25) is 0 Å². The van der Waals surface area contributed by atoms with Crippen LogP contribution in [0.2, 0.25) is 0 Å². The van der Waals surface area contributed by atoms with Gasteiger partial charge in [-0.15, -0.1) is 0 Å². The Morgan fingerprint density at radius 3 is 2.67 bits per heavy atom. The number of hydrogen-bond donors (Lipinski definition) is 0. The highest BCUT2D eigenvalue weighted by Crippen LogP contribution is 2.29. The van der Waals surface area contributed by atoms with E-state index < -0.39 is 0 Å². The molecule has 1 saturated carbocycles. The van der Waals surface area contributed by atoms with Crippen LogP contribution in [0.25, 0.3) is 5.69 Å². The van der Waals surface area contributed by atoms with Gasteiger partial charge in [0.25, 0.3) is 0 Å². The molecule has 0 bridgehead atoms. The van der Waals surface area contributed by atoms with Crippen molar-refractivity contribution < 1.29 is 4.74 Å². The lowest BCUT2D eigenvalue weighted by Crippen LogP contribution is -2.33. The van der Waals surface area contributed by atoms with Crippen LogP contribution in [0.5, 0.6) is 0 Å². The van der Waals surface area contributed by atoms with Gasteiger partial charge in [-0.25, -0.2) is 14.0 Å². The summed E-state index contributed by atoms with van der Waals surface area (Å²) < 4.78 is 8.68. The van der Waals surface area contributed by atoms with Crippen LogP contribution < -0.4 is 5.69 Å². The minimum Gasteiger partial charge on any atom is -0.379 e. The third-order valence-electron chi connectivity index (χ3n) is 4.35. The van der Waals surface area contributed by atoms with E-state index in [0.29, 0.717) is 12.5 Å². The molecule has 1 aromatic carbocycles. The minimum absolute atomic E-state index is 0.0734. The van der Waals surface area contributed by atoms with Crippen molar-refractivity contribution in [1.82, 2.24) is 14.3 Å². The molecule has 0 radical (unpaired) electrons. The first-order valence-electron chi connectivity index (χ1n) is 7.52. The largest absolute Gasteiger partial charge is 0.379 e. The molecule has 1 fully saturated rings. The molecule has 1 unspecified atom stereocenters. The van der Waals surface area contributed by atoms with Gasteiger partial charge in [0.1, 0.15) is 6.33 Å². The molecule has 5 nitrogen and oxygen atoms in total. The second-order valence-corrected chi connectivity index (χ2v) is 5.62. The molecule has 0 saturated heterocycles. The van der Waals surface area contributed by atoms with Crippen molar-refractivity contribution in [2.24, 2.45) is 5.92 Å². The topological polar surface area (TPSA) is 49.0 Å². The number of methoxy groups -OCH3 is 1. The number of hydrogen-bond acceptors (Lipinski definition) is 3. The molecule has 0 N–H and O–H groups in total. The van der Waals surface area contributed by atoms with Crippen molar-refractivity contribution >= 4 is 0 Å².